The average Bonchev–Trinajstić information content (AvgIpc) is 2.78. The van der Waals surface area contributed by atoms with E-state index < -0.39 is 23.7 Å². The minimum absolute atomic E-state index is 0.163. The zero-order chi connectivity index (χ0) is 17.2. The summed E-state index contributed by atoms with van der Waals surface area (Å²) in [5.74, 6) is -0.656. The van der Waals surface area contributed by atoms with Gasteiger partial charge in [0.2, 0.25) is 11.8 Å². The van der Waals surface area contributed by atoms with E-state index in [1.54, 1.807) is 14.0 Å². The lowest BCUT2D eigenvalue weighted by atomic mass is 10.0. The van der Waals surface area contributed by atoms with E-state index in [9.17, 15) is 22.8 Å². The van der Waals surface area contributed by atoms with Crippen LogP contribution in [-0.2, 0) is 15.8 Å². The predicted octanol–water partition coefficient (Wildman–Crippen LogP) is 2.46. The molecule has 1 N–H and O–H groups in total. The van der Waals surface area contributed by atoms with Crippen LogP contribution >= 0.6 is 0 Å². The van der Waals surface area contributed by atoms with Gasteiger partial charge in [0.1, 0.15) is 6.04 Å². The third-order valence-corrected chi connectivity index (χ3v) is 3.74. The number of carbonyl (C=O) groups excluding carboxylic acids is 2. The molecule has 0 radical (unpaired) electrons. The molecule has 2 amide bonds. The van der Waals surface area contributed by atoms with Crippen molar-refractivity contribution in [3.8, 4) is 0 Å². The maximum atomic E-state index is 12.7. The van der Waals surface area contributed by atoms with Crippen molar-refractivity contribution in [1.29, 1.82) is 0 Å². The summed E-state index contributed by atoms with van der Waals surface area (Å²) in [5, 5.41) is 2.58. The molecule has 7 heteroatoms. The molecule has 1 fully saturated rings. The van der Waals surface area contributed by atoms with Crippen molar-refractivity contribution in [2.24, 2.45) is 0 Å². The van der Waals surface area contributed by atoms with Crippen molar-refractivity contribution >= 4 is 17.4 Å². The van der Waals surface area contributed by atoms with Gasteiger partial charge in [-0.05, 0) is 36.6 Å². The molecule has 23 heavy (non-hydrogen) atoms. The molecular formula is C16H17F3N2O2. The number of halogens is 3. The normalized spacial score (nSPS) is 19.2. The Bertz CT molecular complexity index is 653. The first-order valence-electron chi connectivity index (χ1n) is 7.10. The minimum atomic E-state index is -4.43. The first-order valence-corrected chi connectivity index (χ1v) is 7.10. The van der Waals surface area contributed by atoms with Gasteiger partial charge < -0.3 is 10.2 Å². The van der Waals surface area contributed by atoms with E-state index in [0.29, 0.717) is 24.1 Å². The highest BCUT2D eigenvalue weighted by Crippen LogP contribution is 2.30. The van der Waals surface area contributed by atoms with Crippen LogP contribution < -0.4 is 5.32 Å². The maximum absolute atomic E-state index is 12.7. The van der Waals surface area contributed by atoms with Crippen LogP contribution in [0.3, 0.4) is 0 Å². The average molecular weight is 326 g/mol. The molecule has 1 aliphatic heterocycles. The van der Waals surface area contributed by atoms with E-state index in [-0.39, 0.29) is 5.91 Å². The van der Waals surface area contributed by atoms with Gasteiger partial charge in [-0.1, -0.05) is 12.1 Å². The van der Waals surface area contributed by atoms with E-state index in [0.717, 1.165) is 12.1 Å². The van der Waals surface area contributed by atoms with Crippen LogP contribution in [0.5, 0.6) is 0 Å². The van der Waals surface area contributed by atoms with Gasteiger partial charge in [0.05, 0.1) is 5.56 Å². The number of alkyl halides is 3. The summed E-state index contributed by atoms with van der Waals surface area (Å²) in [6.45, 7) is 2.12. The molecule has 2 rings (SSSR count). The number of hydrogen-bond acceptors (Lipinski definition) is 2. The van der Waals surface area contributed by atoms with Crippen molar-refractivity contribution in [1.82, 2.24) is 10.2 Å². The largest absolute Gasteiger partial charge is 0.416 e. The van der Waals surface area contributed by atoms with Crippen molar-refractivity contribution in [2.75, 3.05) is 13.6 Å². The standard InChI is InChI=1S/C16H17F3N2O2/c1-10(11-4-3-5-12(9-11)16(17,18)19)8-14(22)20-13-6-7-21(2)15(13)23/h3-5,8-9,13H,6-7H2,1-2H3,(H,20,22)/b10-8-. The molecule has 1 atom stereocenters. The van der Waals surface area contributed by atoms with Crippen LogP contribution in [0.25, 0.3) is 5.57 Å². The molecule has 1 unspecified atom stereocenters. The van der Waals surface area contributed by atoms with Crippen molar-refractivity contribution in [2.45, 2.75) is 25.6 Å². The molecule has 4 nitrogen and oxygen atoms in total. The molecule has 124 valence electrons. The van der Waals surface area contributed by atoms with Gasteiger partial charge in [-0.25, -0.2) is 0 Å². The molecule has 1 aromatic rings. The molecule has 1 saturated heterocycles. The number of carbonyl (C=O) groups is 2. The molecular weight excluding hydrogens is 309 g/mol. The van der Waals surface area contributed by atoms with Crippen LogP contribution in [-0.4, -0.2) is 36.3 Å². The Morgan fingerprint density at radius 3 is 2.65 bits per heavy atom. The second-order valence-corrected chi connectivity index (χ2v) is 5.52. The molecule has 1 aromatic carbocycles. The molecule has 1 heterocycles. The van der Waals surface area contributed by atoms with Crippen LogP contribution in [0, 0.1) is 0 Å². The Labute approximate surface area is 132 Å². The lowest BCUT2D eigenvalue weighted by Gasteiger charge is -2.12. The topological polar surface area (TPSA) is 49.4 Å². The first kappa shape index (κ1) is 17.1. The summed E-state index contributed by atoms with van der Waals surface area (Å²) in [7, 11) is 1.65. The Hall–Kier alpha value is -2.31. The number of nitrogens with zero attached hydrogens (tertiary/aromatic N) is 1. The van der Waals surface area contributed by atoms with Crippen LogP contribution in [0.15, 0.2) is 30.3 Å². The fraction of sp³-hybridized carbons (Fsp3) is 0.375. The lowest BCUT2D eigenvalue weighted by Crippen LogP contribution is -2.39. The molecule has 0 saturated carbocycles. The second-order valence-electron chi connectivity index (χ2n) is 5.52. The van der Waals surface area contributed by atoms with E-state index in [1.165, 1.54) is 23.1 Å². The van der Waals surface area contributed by atoms with Gasteiger partial charge in [0.25, 0.3) is 0 Å². The maximum Gasteiger partial charge on any atom is 0.416 e. The van der Waals surface area contributed by atoms with E-state index in [1.807, 2.05) is 0 Å². The van der Waals surface area contributed by atoms with Crippen molar-refractivity contribution in [3.63, 3.8) is 0 Å². The number of likely N-dealkylation sites (N-methyl/N-ethyl adjacent to an activating group) is 1. The Morgan fingerprint density at radius 2 is 2.09 bits per heavy atom. The molecule has 1 aliphatic rings. The number of benzene rings is 1. The molecule has 0 spiro atoms. The smallest absolute Gasteiger partial charge is 0.344 e. The summed E-state index contributed by atoms with van der Waals surface area (Å²) < 4.78 is 38.1. The number of hydrogen-bond donors (Lipinski definition) is 1. The van der Waals surface area contributed by atoms with Gasteiger partial charge in [-0.2, -0.15) is 13.2 Å². The molecule has 0 aromatic heterocycles. The predicted molar refractivity (Wildman–Crippen MR) is 79.3 cm³/mol. The third kappa shape index (κ3) is 4.12. The summed E-state index contributed by atoms with van der Waals surface area (Å²) >= 11 is 0. The highest BCUT2D eigenvalue weighted by Gasteiger charge is 2.31. The monoisotopic (exact) mass is 326 g/mol. The summed E-state index contributed by atoms with van der Waals surface area (Å²) in [6, 6.07) is 4.20. The summed E-state index contributed by atoms with van der Waals surface area (Å²) in [4.78, 5) is 25.2. The number of amides is 2. The quantitative estimate of drug-likeness (QED) is 0.868. The number of nitrogens with one attached hydrogen (secondary N) is 1. The van der Waals surface area contributed by atoms with Gasteiger partial charge in [0.15, 0.2) is 0 Å². The third-order valence-electron chi connectivity index (χ3n) is 3.74. The highest BCUT2D eigenvalue weighted by atomic mass is 19.4. The summed E-state index contributed by atoms with van der Waals surface area (Å²) in [5.41, 5.74) is -0.0620. The van der Waals surface area contributed by atoms with Crippen LogP contribution in [0.4, 0.5) is 13.2 Å². The van der Waals surface area contributed by atoms with Gasteiger partial charge in [-0.3, -0.25) is 9.59 Å². The Morgan fingerprint density at radius 1 is 1.39 bits per heavy atom. The minimum Gasteiger partial charge on any atom is -0.344 e. The molecule has 0 aliphatic carbocycles. The number of rotatable bonds is 3. The number of allylic oxidation sites excluding steroid dienone is 1. The SMILES string of the molecule is C/C(=C/C(=O)NC1CCN(C)C1=O)c1cccc(C(F)(F)F)c1. The van der Waals surface area contributed by atoms with Crippen LogP contribution in [0.1, 0.15) is 24.5 Å². The Kier molecular flexibility index (Phi) is 4.77. The van der Waals surface area contributed by atoms with Crippen LogP contribution in [0.2, 0.25) is 0 Å². The van der Waals surface area contributed by atoms with E-state index >= 15 is 0 Å². The van der Waals surface area contributed by atoms with Crippen molar-refractivity contribution in [3.05, 3.63) is 41.5 Å². The highest BCUT2D eigenvalue weighted by molar-refractivity contribution is 5.98. The Balaban J connectivity index is 2.10. The second kappa shape index (κ2) is 6.44. The number of likely N-dealkylation sites (tertiary alicyclic amines) is 1. The zero-order valence-electron chi connectivity index (χ0n) is 12.8. The zero-order valence-corrected chi connectivity index (χ0v) is 12.8. The summed E-state index contributed by atoms with van der Waals surface area (Å²) in [6.07, 6.45) is -2.70. The van der Waals surface area contributed by atoms with Gasteiger partial charge >= 0.3 is 6.18 Å². The van der Waals surface area contributed by atoms with Crippen molar-refractivity contribution < 1.29 is 22.8 Å². The van der Waals surface area contributed by atoms with Gasteiger partial charge in [-0.15, -0.1) is 0 Å². The fourth-order valence-electron chi connectivity index (χ4n) is 2.39. The fourth-order valence-corrected chi connectivity index (χ4v) is 2.39. The van der Waals surface area contributed by atoms with Gasteiger partial charge in [0, 0.05) is 19.7 Å². The lowest BCUT2D eigenvalue weighted by molar-refractivity contribution is -0.137. The van der Waals surface area contributed by atoms with E-state index in [4.69, 9.17) is 0 Å². The molecule has 0 bridgehead atoms. The first-order chi connectivity index (χ1) is 10.7. The van der Waals surface area contributed by atoms with E-state index in [2.05, 4.69) is 5.32 Å².